The number of amides is 1. The van der Waals surface area contributed by atoms with Crippen LogP contribution in [0, 0.1) is 0 Å². The van der Waals surface area contributed by atoms with E-state index in [0.717, 1.165) is 6.42 Å². The minimum Gasteiger partial charge on any atom is -0.482 e. The van der Waals surface area contributed by atoms with Crippen LogP contribution in [-0.2, 0) is 32.0 Å². The van der Waals surface area contributed by atoms with Crippen molar-refractivity contribution in [3.05, 3.63) is 75.8 Å². The first-order valence-corrected chi connectivity index (χ1v) is 13.7. The number of hydrogen-bond donors (Lipinski definition) is 4. The summed E-state index contributed by atoms with van der Waals surface area (Å²) in [7, 11) is 0. The average Bonchev–Trinajstić information content (AvgIpc) is 3.37. The van der Waals surface area contributed by atoms with Gasteiger partial charge in [0.25, 0.3) is 0 Å². The zero-order chi connectivity index (χ0) is 30.8. The fraction of sp³-hybridized carbons (Fsp3) is 0.259. The number of carbonyl (C=O) groups is 5. The second-order valence-corrected chi connectivity index (χ2v) is 9.46. The lowest BCUT2D eigenvalue weighted by molar-refractivity contribution is -0.139. The predicted molar refractivity (Wildman–Crippen MR) is 154 cm³/mol. The molecule has 0 fully saturated rings. The molecule has 1 aromatic heterocycles. The molecule has 1 amide bonds. The van der Waals surface area contributed by atoms with Crippen LogP contribution in [0.3, 0.4) is 0 Å². The second kappa shape index (κ2) is 19.1. The highest BCUT2D eigenvalue weighted by Crippen LogP contribution is 2.16. The first-order valence-electron chi connectivity index (χ1n) is 11.9. The number of carbonyl (C=O) groups excluding carboxylic acids is 2. The van der Waals surface area contributed by atoms with E-state index < -0.39 is 17.9 Å². The Labute approximate surface area is 249 Å². The van der Waals surface area contributed by atoms with Gasteiger partial charge in [0.2, 0.25) is 5.91 Å². The maximum absolute atomic E-state index is 11.4. The van der Waals surface area contributed by atoms with Gasteiger partial charge in [-0.15, -0.1) is 22.9 Å². The number of thiazole rings is 1. The molecule has 220 valence electrons. The minimum absolute atomic E-state index is 0.0248. The molecule has 0 bridgehead atoms. The molecule has 11 nitrogen and oxygen atoms in total. The number of carboxylic acid groups (broad SMARTS) is 3. The van der Waals surface area contributed by atoms with Crippen molar-refractivity contribution in [2.75, 3.05) is 17.8 Å². The van der Waals surface area contributed by atoms with Crippen molar-refractivity contribution in [1.82, 2.24) is 4.98 Å². The second-order valence-electron chi connectivity index (χ2n) is 7.90. The van der Waals surface area contributed by atoms with Crippen molar-refractivity contribution in [3.8, 4) is 5.75 Å². The summed E-state index contributed by atoms with van der Waals surface area (Å²) < 4.78 is 4.97. The van der Waals surface area contributed by atoms with Gasteiger partial charge in [0.1, 0.15) is 11.6 Å². The Morgan fingerprint density at radius 1 is 0.902 bits per heavy atom. The Bertz CT molecular complexity index is 1300. The van der Waals surface area contributed by atoms with E-state index in [1.807, 2.05) is 12.1 Å². The van der Waals surface area contributed by atoms with Gasteiger partial charge in [-0.2, -0.15) is 0 Å². The number of halogens is 2. The number of carboxylic acids is 3. The lowest BCUT2D eigenvalue weighted by Gasteiger charge is -2.03. The van der Waals surface area contributed by atoms with Crippen LogP contribution in [0.15, 0.2) is 53.9 Å². The summed E-state index contributed by atoms with van der Waals surface area (Å²) in [5, 5.41) is 30.1. The van der Waals surface area contributed by atoms with E-state index in [1.165, 1.54) is 16.9 Å². The maximum atomic E-state index is 11.4. The summed E-state index contributed by atoms with van der Waals surface area (Å²) in [5.74, 6) is -2.96. The lowest BCUT2D eigenvalue weighted by Crippen LogP contribution is -2.12. The van der Waals surface area contributed by atoms with Gasteiger partial charge in [-0.05, 0) is 48.4 Å². The number of hydrogen-bond acceptors (Lipinski definition) is 8. The summed E-state index contributed by atoms with van der Waals surface area (Å²) in [6.07, 6.45) is 0.713. The van der Waals surface area contributed by atoms with Gasteiger partial charge in [0.05, 0.1) is 18.5 Å². The van der Waals surface area contributed by atoms with Crippen LogP contribution in [0.5, 0.6) is 5.75 Å². The molecule has 0 aliphatic carbocycles. The number of Topliss-reactive ketones (excluding diaryl/α,β-unsaturated/α-hetero) is 1. The van der Waals surface area contributed by atoms with Crippen molar-refractivity contribution in [1.29, 1.82) is 0 Å². The van der Waals surface area contributed by atoms with Gasteiger partial charge in [-0.1, -0.05) is 30.7 Å². The van der Waals surface area contributed by atoms with Gasteiger partial charge in [-0.25, -0.2) is 9.78 Å². The summed E-state index contributed by atoms with van der Waals surface area (Å²) >= 11 is 12.1. The molecule has 41 heavy (non-hydrogen) atoms. The van der Waals surface area contributed by atoms with E-state index in [-0.39, 0.29) is 43.4 Å². The molecule has 14 heteroatoms. The third-order valence-corrected chi connectivity index (χ3v) is 5.98. The highest BCUT2D eigenvalue weighted by atomic mass is 35.5. The average molecular weight is 627 g/mol. The van der Waals surface area contributed by atoms with Gasteiger partial charge in [-0.3, -0.25) is 19.2 Å². The van der Waals surface area contributed by atoms with Crippen molar-refractivity contribution in [2.45, 2.75) is 32.6 Å². The number of alkyl halides is 1. The monoisotopic (exact) mass is 626 g/mol. The standard InChI is InChI=1S/C10H9ClO3.C10H12O3.C7H7ClN2O3S/c11-8-3-1-7(2-4-8)9(12)5-6-10(13)14;1-2-8-3-5-9(6-4-8)13-7-10(11)12;8-2-5(11)10-7-9-4(3-14-7)1-6(12)13/h1-4H,5-6H2,(H,13,14);3-6H,2,7H2,1H3,(H,11,12);3H,1-2H2,(H,12,13)(H,9,10,11). The number of aromatic nitrogens is 1. The Morgan fingerprint density at radius 3 is 2.05 bits per heavy atom. The minimum atomic E-state index is -0.965. The lowest BCUT2D eigenvalue weighted by atomic mass is 10.1. The molecular formula is C27H28Cl2N2O9S. The number of ether oxygens (including phenoxy) is 1. The molecule has 0 atom stereocenters. The summed E-state index contributed by atoms with van der Waals surface area (Å²) in [4.78, 5) is 56.8. The molecule has 0 radical (unpaired) electrons. The van der Waals surface area contributed by atoms with Gasteiger partial charge in [0, 0.05) is 22.4 Å². The molecule has 0 saturated carbocycles. The van der Waals surface area contributed by atoms with Crippen molar-refractivity contribution >= 4 is 69.3 Å². The summed E-state index contributed by atoms with van der Waals surface area (Å²) in [6.45, 7) is 1.78. The van der Waals surface area contributed by atoms with Crippen LogP contribution in [0.4, 0.5) is 5.13 Å². The highest BCUT2D eigenvalue weighted by molar-refractivity contribution is 7.14. The van der Waals surface area contributed by atoms with Crippen molar-refractivity contribution in [2.24, 2.45) is 0 Å². The van der Waals surface area contributed by atoms with Gasteiger partial charge >= 0.3 is 17.9 Å². The van der Waals surface area contributed by atoms with Crippen LogP contribution in [0.2, 0.25) is 5.02 Å². The third-order valence-electron chi connectivity index (χ3n) is 4.68. The largest absolute Gasteiger partial charge is 0.482 e. The number of nitrogens with one attached hydrogen (secondary N) is 1. The molecule has 0 aliphatic rings. The van der Waals surface area contributed by atoms with Crippen molar-refractivity contribution in [3.63, 3.8) is 0 Å². The van der Waals surface area contributed by atoms with E-state index in [0.29, 0.717) is 27.2 Å². The van der Waals surface area contributed by atoms with Crippen LogP contribution >= 0.6 is 34.5 Å². The molecule has 0 spiro atoms. The van der Waals surface area contributed by atoms with E-state index in [4.69, 9.17) is 43.3 Å². The number of nitrogens with zero attached hydrogens (tertiary/aromatic N) is 1. The number of benzene rings is 2. The SMILES string of the molecule is CCc1ccc(OCC(=O)O)cc1.O=C(O)CCC(=O)c1ccc(Cl)cc1.O=C(O)Cc1csc(NC(=O)CCl)n1. The number of aliphatic carboxylic acids is 3. The molecule has 4 N–H and O–H groups in total. The van der Waals surface area contributed by atoms with Gasteiger partial charge in [0.15, 0.2) is 17.5 Å². The number of aryl methyl sites for hydroxylation is 1. The summed E-state index contributed by atoms with van der Waals surface area (Å²) in [6, 6.07) is 13.8. The zero-order valence-corrected chi connectivity index (χ0v) is 24.2. The van der Waals surface area contributed by atoms with E-state index in [2.05, 4.69) is 17.2 Å². The van der Waals surface area contributed by atoms with E-state index >= 15 is 0 Å². The number of ketones is 1. The Morgan fingerprint density at radius 2 is 1.54 bits per heavy atom. The molecular weight excluding hydrogens is 599 g/mol. The summed E-state index contributed by atoms with van der Waals surface area (Å²) in [5.41, 5.74) is 2.13. The Hall–Kier alpha value is -4.00. The Kier molecular flexibility index (Phi) is 16.4. The van der Waals surface area contributed by atoms with Crippen LogP contribution < -0.4 is 10.1 Å². The third kappa shape index (κ3) is 16.0. The fourth-order valence-corrected chi connectivity index (χ4v) is 3.64. The van der Waals surface area contributed by atoms with Crippen molar-refractivity contribution < 1.29 is 44.0 Å². The fourth-order valence-electron chi connectivity index (χ4n) is 2.72. The molecule has 0 unspecified atom stereocenters. The molecule has 0 aliphatic heterocycles. The van der Waals surface area contributed by atoms with Crippen LogP contribution in [-0.4, -0.2) is 62.4 Å². The smallest absolute Gasteiger partial charge is 0.341 e. The molecule has 2 aromatic carbocycles. The quantitative estimate of drug-likeness (QED) is 0.157. The number of rotatable bonds is 12. The Balaban J connectivity index is 0.000000308. The van der Waals surface area contributed by atoms with Gasteiger partial charge < -0.3 is 25.4 Å². The maximum Gasteiger partial charge on any atom is 0.341 e. The van der Waals surface area contributed by atoms with E-state index in [1.54, 1.807) is 41.8 Å². The topological polar surface area (TPSA) is 180 Å². The predicted octanol–water partition coefficient (Wildman–Crippen LogP) is 5.05. The number of anilines is 1. The first kappa shape index (κ1) is 35.0. The molecule has 3 rings (SSSR count). The normalized spacial score (nSPS) is 9.73. The highest BCUT2D eigenvalue weighted by Gasteiger charge is 2.09. The first-order chi connectivity index (χ1) is 19.4. The zero-order valence-electron chi connectivity index (χ0n) is 21.8. The van der Waals surface area contributed by atoms with E-state index in [9.17, 15) is 24.0 Å². The molecule has 3 aromatic rings. The van der Waals surface area contributed by atoms with Crippen LogP contribution in [0.1, 0.15) is 41.4 Å². The van der Waals surface area contributed by atoms with Crippen LogP contribution in [0.25, 0.3) is 0 Å². The molecule has 0 saturated heterocycles. The molecule has 1 heterocycles.